The number of sulfonamides is 1. The second-order valence-corrected chi connectivity index (χ2v) is 9.57. The van der Waals surface area contributed by atoms with Gasteiger partial charge in [0, 0.05) is 25.7 Å². The molecule has 0 aromatic heterocycles. The largest absolute Gasteiger partial charge is 0.351 e. The Morgan fingerprint density at radius 1 is 1.10 bits per heavy atom. The van der Waals surface area contributed by atoms with Crippen LogP contribution in [0.4, 0.5) is 5.69 Å². The molecule has 2 rings (SSSR count). The van der Waals surface area contributed by atoms with Gasteiger partial charge in [-0.3, -0.25) is 9.59 Å². The molecular formula is C22H26N4O4S. The maximum Gasteiger partial charge on any atom is 0.243 e. The van der Waals surface area contributed by atoms with Crippen LogP contribution in [0.25, 0.3) is 0 Å². The molecule has 0 aliphatic rings. The molecule has 0 saturated carbocycles. The zero-order valence-electron chi connectivity index (χ0n) is 17.8. The van der Waals surface area contributed by atoms with Gasteiger partial charge in [0.25, 0.3) is 0 Å². The number of nitriles is 1. The molecule has 0 bridgehead atoms. The van der Waals surface area contributed by atoms with E-state index in [1.54, 1.807) is 24.3 Å². The van der Waals surface area contributed by atoms with E-state index in [1.807, 2.05) is 19.9 Å². The van der Waals surface area contributed by atoms with Crippen LogP contribution in [-0.2, 0) is 26.2 Å². The lowest BCUT2D eigenvalue weighted by Crippen LogP contribution is -2.38. The van der Waals surface area contributed by atoms with Crippen molar-refractivity contribution in [2.75, 3.05) is 18.9 Å². The van der Waals surface area contributed by atoms with Crippen LogP contribution in [-0.4, -0.2) is 38.1 Å². The Morgan fingerprint density at radius 3 is 2.39 bits per heavy atom. The molecule has 0 saturated heterocycles. The van der Waals surface area contributed by atoms with E-state index in [-0.39, 0.29) is 29.8 Å². The number of nitrogens with one attached hydrogen (secondary N) is 2. The molecule has 0 fully saturated rings. The Hall–Kier alpha value is -3.22. The lowest BCUT2D eigenvalue weighted by atomic mass is 10.1. The standard InChI is InChI=1S/C22H26N4O4S/c1-16(2)11-21(27)25-19-6-4-5-18(12-19)14-24-22(28)15-26(3)31(29,30)20-9-7-17(13-23)8-10-20/h4-10,12,16H,11,14-15H2,1-3H3,(H,24,28)(H,25,27). The molecule has 2 aromatic rings. The van der Waals surface area contributed by atoms with E-state index in [0.717, 1.165) is 9.87 Å². The Morgan fingerprint density at radius 2 is 1.77 bits per heavy atom. The summed E-state index contributed by atoms with van der Waals surface area (Å²) in [6.45, 7) is 3.76. The molecule has 31 heavy (non-hydrogen) atoms. The Balaban J connectivity index is 1.93. The van der Waals surface area contributed by atoms with Crippen LogP contribution in [0.3, 0.4) is 0 Å². The summed E-state index contributed by atoms with van der Waals surface area (Å²) < 4.78 is 26.1. The van der Waals surface area contributed by atoms with Crippen LogP contribution in [0.5, 0.6) is 0 Å². The van der Waals surface area contributed by atoms with Gasteiger partial charge in [0.15, 0.2) is 0 Å². The van der Waals surface area contributed by atoms with Crippen molar-refractivity contribution in [1.29, 1.82) is 5.26 Å². The summed E-state index contributed by atoms with van der Waals surface area (Å²) in [5.41, 5.74) is 1.76. The summed E-state index contributed by atoms with van der Waals surface area (Å²) in [4.78, 5) is 24.2. The maximum atomic E-state index is 12.6. The van der Waals surface area contributed by atoms with Gasteiger partial charge in [-0.25, -0.2) is 8.42 Å². The van der Waals surface area contributed by atoms with Gasteiger partial charge in [-0.2, -0.15) is 9.57 Å². The quantitative estimate of drug-likeness (QED) is 0.618. The number of benzene rings is 2. The highest BCUT2D eigenvalue weighted by Crippen LogP contribution is 2.15. The van der Waals surface area contributed by atoms with Gasteiger partial charge in [-0.15, -0.1) is 0 Å². The van der Waals surface area contributed by atoms with Crippen molar-refractivity contribution in [1.82, 2.24) is 9.62 Å². The van der Waals surface area contributed by atoms with Gasteiger partial charge in [0.2, 0.25) is 21.8 Å². The van der Waals surface area contributed by atoms with Gasteiger partial charge in [-0.05, 0) is 47.9 Å². The van der Waals surface area contributed by atoms with Crippen molar-refractivity contribution >= 4 is 27.5 Å². The molecule has 2 N–H and O–H groups in total. The first-order valence-electron chi connectivity index (χ1n) is 9.74. The Bertz CT molecular complexity index is 1070. The van der Waals surface area contributed by atoms with Gasteiger partial charge in [-0.1, -0.05) is 26.0 Å². The summed E-state index contributed by atoms with van der Waals surface area (Å²) in [6.07, 6.45) is 0.418. The highest BCUT2D eigenvalue weighted by atomic mass is 32.2. The van der Waals surface area contributed by atoms with Gasteiger partial charge >= 0.3 is 0 Å². The van der Waals surface area contributed by atoms with Gasteiger partial charge < -0.3 is 10.6 Å². The first-order valence-corrected chi connectivity index (χ1v) is 11.2. The minimum atomic E-state index is -3.86. The van der Waals surface area contributed by atoms with E-state index in [9.17, 15) is 18.0 Å². The van der Waals surface area contributed by atoms with Gasteiger partial charge in [0.05, 0.1) is 23.1 Å². The molecule has 0 heterocycles. The fourth-order valence-electron chi connectivity index (χ4n) is 2.77. The minimum absolute atomic E-state index is 0.00615. The van der Waals surface area contributed by atoms with Crippen molar-refractivity contribution in [2.45, 2.75) is 31.7 Å². The predicted molar refractivity (Wildman–Crippen MR) is 117 cm³/mol. The van der Waals surface area contributed by atoms with E-state index in [0.29, 0.717) is 17.7 Å². The molecule has 0 aliphatic carbocycles. The van der Waals surface area contributed by atoms with Crippen LogP contribution in [0.2, 0.25) is 0 Å². The summed E-state index contributed by atoms with van der Waals surface area (Å²) in [5.74, 6) is -0.292. The summed E-state index contributed by atoms with van der Waals surface area (Å²) in [7, 11) is -2.54. The topological polar surface area (TPSA) is 119 Å². The molecule has 2 amide bonds. The monoisotopic (exact) mass is 442 g/mol. The number of carbonyl (C=O) groups excluding carboxylic acids is 2. The molecule has 9 heteroatoms. The molecule has 164 valence electrons. The van der Waals surface area contributed by atoms with Crippen LogP contribution in [0, 0.1) is 17.2 Å². The molecule has 0 radical (unpaired) electrons. The number of carbonyl (C=O) groups is 2. The average molecular weight is 443 g/mol. The average Bonchev–Trinajstić information content (AvgIpc) is 2.72. The van der Waals surface area contributed by atoms with Crippen molar-refractivity contribution in [3.63, 3.8) is 0 Å². The summed E-state index contributed by atoms with van der Waals surface area (Å²) in [6, 6.07) is 14.5. The predicted octanol–water partition coefficient (Wildman–Crippen LogP) is 2.48. The minimum Gasteiger partial charge on any atom is -0.351 e. The molecule has 0 unspecified atom stereocenters. The van der Waals surface area contributed by atoms with E-state index in [2.05, 4.69) is 10.6 Å². The van der Waals surface area contributed by atoms with Crippen LogP contribution < -0.4 is 10.6 Å². The van der Waals surface area contributed by atoms with Crippen molar-refractivity contribution in [3.05, 3.63) is 59.7 Å². The lowest BCUT2D eigenvalue weighted by Gasteiger charge is -2.17. The fraction of sp³-hybridized carbons (Fsp3) is 0.318. The Kier molecular flexibility index (Phi) is 8.30. The van der Waals surface area contributed by atoms with E-state index in [4.69, 9.17) is 5.26 Å². The molecule has 0 atom stereocenters. The summed E-state index contributed by atoms with van der Waals surface area (Å²) in [5, 5.41) is 14.3. The highest BCUT2D eigenvalue weighted by Gasteiger charge is 2.22. The maximum absolute atomic E-state index is 12.6. The Labute approximate surface area is 182 Å². The third kappa shape index (κ3) is 7.20. The van der Waals surface area contributed by atoms with Crippen LogP contribution >= 0.6 is 0 Å². The number of hydrogen-bond donors (Lipinski definition) is 2. The van der Waals surface area contributed by atoms with E-state index in [1.165, 1.54) is 31.3 Å². The SMILES string of the molecule is CC(C)CC(=O)Nc1cccc(CNC(=O)CN(C)S(=O)(=O)c2ccc(C#N)cc2)c1. The van der Waals surface area contributed by atoms with E-state index >= 15 is 0 Å². The van der Waals surface area contributed by atoms with Crippen molar-refractivity contribution in [2.24, 2.45) is 5.92 Å². The smallest absolute Gasteiger partial charge is 0.243 e. The molecule has 0 aliphatic heterocycles. The second kappa shape index (κ2) is 10.7. The first-order chi connectivity index (χ1) is 14.6. The normalized spacial score (nSPS) is 11.2. The third-order valence-electron chi connectivity index (χ3n) is 4.35. The van der Waals surface area contributed by atoms with Crippen LogP contribution in [0.1, 0.15) is 31.4 Å². The van der Waals surface area contributed by atoms with Crippen LogP contribution in [0.15, 0.2) is 53.4 Å². The molecule has 0 spiro atoms. The number of likely N-dealkylation sites (N-methyl/N-ethyl adjacent to an activating group) is 1. The number of hydrogen-bond acceptors (Lipinski definition) is 5. The molecular weight excluding hydrogens is 416 g/mol. The lowest BCUT2D eigenvalue weighted by molar-refractivity contribution is -0.121. The number of nitrogens with zero attached hydrogens (tertiary/aromatic N) is 2. The highest BCUT2D eigenvalue weighted by molar-refractivity contribution is 7.89. The van der Waals surface area contributed by atoms with Crippen molar-refractivity contribution < 1.29 is 18.0 Å². The van der Waals surface area contributed by atoms with E-state index < -0.39 is 15.9 Å². The number of anilines is 1. The van der Waals surface area contributed by atoms with Gasteiger partial charge in [0.1, 0.15) is 0 Å². The fourth-order valence-corrected chi connectivity index (χ4v) is 3.89. The summed E-state index contributed by atoms with van der Waals surface area (Å²) >= 11 is 0. The zero-order chi connectivity index (χ0) is 23.0. The second-order valence-electron chi connectivity index (χ2n) is 7.52. The zero-order valence-corrected chi connectivity index (χ0v) is 18.6. The molecule has 8 nitrogen and oxygen atoms in total. The number of amides is 2. The third-order valence-corrected chi connectivity index (χ3v) is 6.17. The first kappa shape index (κ1) is 24.1. The number of rotatable bonds is 9. The molecule has 2 aromatic carbocycles. The van der Waals surface area contributed by atoms with Crippen molar-refractivity contribution in [3.8, 4) is 6.07 Å².